The first-order chi connectivity index (χ1) is 10.4. The lowest BCUT2D eigenvalue weighted by Crippen LogP contribution is -2.19. The number of hydrogen-bond acceptors (Lipinski definition) is 3. The molecule has 0 aliphatic carbocycles. The van der Waals surface area contributed by atoms with Crippen molar-refractivity contribution in [3.8, 4) is 10.6 Å². The van der Waals surface area contributed by atoms with Crippen molar-refractivity contribution in [1.29, 1.82) is 0 Å². The second-order valence-corrected chi connectivity index (χ2v) is 6.33. The van der Waals surface area contributed by atoms with Crippen molar-refractivity contribution >= 4 is 16.9 Å². The third-order valence-corrected chi connectivity index (χ3v) is 4.66. The maximum Gasteiger partial charge on any atom is 0.416 e. The van der Waals surface area contributed by atoms with Gasteiger partial charge in [-0.15, -0.1) is 11.3 Å². The Balaban J connectivity index is 1.96. The molecule has 0 radical (unpaired) electrons. The summed E-state index contributed by atoms with van der Waals surface area (Å²) in [4.78, 5) is 5.35. The highest BCUT2D eigenvalue weighted by atomic mass is 32.1. The Hall–Kier alpha value is -1.66. The largest absolute Gasteiger partial charge is 0.416 e. The molecule has 0 atom stereocenters. The van der Waals surface area contributed by atoms with Gasteiger partial charge < -0.3 is 5.32 Å². The van der Waals surface area contributed by atoms with Gasteiger partial charge in [0, 0.05) is 18.3 Å². The van der Waals surface area contributed by atoms with Gasteiger partial charge in [-0.25, -0.2) is 4.98 Å². The summed E-state index contributed by atoms with van der Waals surface area (Å²) in [6.07, 6.45) is 0.451. The number of halogens is 3. The van der Waals surface area contributed by atoms with Crippen LogP contribution in [0.1, 0.15) is 22.4 Å². The van der Waals surface area contributed by atoms with Crippen LogP contribution in [0, 0.1) is 6.92 Å². The zero-order valence-corrected chi connectivity index (χ0v) is 12.8. The summed E-state index contributed by atoms with van der Waals surface area (Å²) in [6, 6.07) is 4.08. The van der Waals surface area contributed by atoms with Crippen molar-refractivity contribution in [2.45, 2.75) is 19.5 Å². The lowest BCUT2D eigenvalue weighted by molar-refractivity contribution is -0.137. The molecule has 6 heteroatoms. The molecular weight excluding hydrogens is 309 g/mol. The highest BCUT2D eigenvalue weighted by Crippen LogP contribution is 2.36. The number of benzene rings is 1. The molecule has 1 aromatic heterocycles. The van der Waals surface area contributed by atoms with Gasteiger partial charge in [0.2, 0.25) is 0 Å². The average molecular weight is 324 g/mol. The maximum atomic E-state index is 12.9. The van der Waals surface area contributed by atoms with E-state index < -0.39 is 11.7 Å². The molecule has 2 heterocycles. The van der Waals surface area contributed by atoms with Gasteiger partial charge in [0.05, 0.1) is 10.4 Å². The molecule has 1 aliphatic rings. The van der Waals surface area contributed by atoms with Gasteiger partial charge in [0.1, 0.15) is 5.01 Å². The normalized spacial score (nSPS) is 15.7. The number of aryl methyl sites for hydroxylation is 1. The van der Waals surface area contributed by atoms with E-state index in [9.17, 15) is 13.2 Å². The van der Waals surface area contributed by atoms with E-state index in [1.165, 1.54) is 23.0 Å². The second kappa shape index (κ2) is 5.85. The predicted molar refractivity (Wildman–Crippen MR) is 82.8 cm³/mol. The van der Waals surface area contributed by atoms with Crippen LogP contribution in [0.2, 0.25) is 0 Å². The van der Waals surface area contributed by atoms with Crippen LogP contribution in [0.5, 0.6) is 0 Å². The van der Waals surface area contributed by atoms with Gasteiger partial charge in [0.15, 0.2) is 0 Å². The molecule has 1 aromatic carbocycles. The molecule has 0 saturated carbocycles. The molecule has 0 bridgehead atoms. The predicted octanol–water partition coefficient (Wildman–Crippen LogP) is 4.51. The molecule has 0 fully saturated rings. The quantitative estimate of drug-likeness (QED) is 0.879. The second-order valence-electron chi connectivity index (χ2n) is 5.30. The van der Waals surface area contributed by atoms with Crippen molar-refractivity contribution in [3.05, 3.63) is 46.5 Å². The van der Waals surface area contributed by atoms with Crippen LogP contribution in [0.25, 0.3) is 16.1 Å². The highest BCUT2D eigenvalue weighted by molar-refractivity contribution is 7.16. The van der Waals surface area contributed by atoms with Crippen molar-refractivity contribution in [1.82, 2.24) is 10.3 Å². The Morgan fingerprint density at radius 2 is 2.05 bits per heavy atom. The number of nitrogens with zero attached hydrogens (tertiary/aromatic N) is 1. The topological polar surface area (TPSA) is 24.9 Å². The van der Waals surface area contributed by atoms with Crippen molar-refractivity contribution in [3.63, 3.8) is 0 Å². The lowest BCUT2D eigenvalue weighted by atomic mass is 10.1. The van der Waals surface area contributed by atoms with Crippen LogP contribution >= 0.6 is 11.3 Å². The molecule has 2 aromatic rings. The minimum atomic E-state index is -4.33. The first-order valence-electron chi connectivity index (χ1n) is 6.99. The molecule has 0 amide bonds. The van der Waals surface area contributed by atoms with Crippen LogP contribution < -0.4 is 5.32 Å². The van der Waals surface area contributed by atoms with Gasteiger partial charge in [-0.3, -0.25) is 0 Å². The SMILES string of the molecule is Cc1cc(-c2ncc(C3=CCNCC3)s2)cc(C(F)(F)F)c1. The molecule has 2 nitrogen and oxygen atoms in total. The van der Waals surface area contributed by atoms with E-state index in [-0.39, 0.29) is 0 Å². The molecule has 0 spiro atoms. The third kappa shape index (κ3) is 3.23. The van der Waals surface area contributed by atoms with Crippen LogP contribution in [0.15, 0.2) is 30.5 Å². The number of nitrogens with one attached hydrogen (secondary N) is 1. The van der Waals surface area contributed by atoms with Gasteiger partial charge in [-0.2, -0.15) is 13.2 Å². The van der Waals surface area contributed by atoms with Crippen LogP contribution in [-0.2, 0) is 6.18 Å². The van der Waals surface area contributed by atoms with Gasteiger partial charge in [-0.05, 0) is 49.2 Å². The molecule has 116 valence electrons. The van der Waals surface area contributed by atoms with Crippen LogP contribution in [0.3, 0.4) is 0 Å². The third-order valence-electron chi connectivity index (χ3n) is 3.54. The average Bonchev–Trinajstić information content (AvgIpc) is 2.96. The number of rotatable bonds is 2. The summed E-state index contributed by atoms with van der Waals surface area (Å²) in [5, 5.41) is 3.87. The maximum absolute atomic E-state index is 12.9. The van der Waals surface area contributed by atoms with Gasteiger partial charge in [-0.1, -0.05) is 6.08 Å². The van der Waals surface area contributed by atoms with Crippen molar-refractivity contribution in [2.24, 2.45) is 0 Å². The fourth-order valence-corrected chi connectivity index (χ4v) is 3.44. The number of aromatic nitrogens is 1. The Morgan fingerprint density at radius 3 is 2.73 bits per heavy atom. The fraction of sp³-hybridized carbons (Fsp3) is 0.312. The molecule has 22 heavy (non-hydrogen) atoms. The smallest absolute Gasteiger partial charge is 0.313 e. The lowest BCUT2D eigenvalue weighted by Gasteiger charge is -2.11. The summed E-state index contributed by atoms with van der Waals surface area (Å²) in [5.41, 5.74) is 1.70. The summed E-state index contributed by atoms with van der Waals surface area (Å²) in [5.74, 6) is 0. The highest BCUT2D eigenvalue weighted by Gasteiger charge is 2.31. The number of thiazole rings is 1. The Labute approximate surface area is 130 Å². The molecule has 1 aliphatic heterocycles. The Bertz CT molecular complexity index is 716. The van der Waals surface area contributed by atoms with E-state index >= 15 is 0 Å². The zero-order chi connectivity index (χ0) is 15.7. The van der Waals surface area contributed by atoms with Crippen molar-refractivity contribution in [2.75, 3.05) is 13.1 Å². The van der Waals surface area contributed by atoms with Crippen molar-refractivity contribution < 1.29 is 13.2 Å². The van der Waals surface area contributed by atoms with E-state index in [2.05, 4.69) is 16.4 Å². The molecule has 0 unspecified atom stereocenters. The number of alkyl halides is 3. The van der Waals surface area contributed by atoms with E-state index in [0.717, 1.165) is 30.5 Å². The minimum absolute atomic E-state index is 0.526. The molecule has 0 saturated heterocycles. The van der Waals surface area contributed by atoms with E-state index in [1.807, 2.05) is 0 Å². The Morgan fingerprint density at radius 1 is 1.23 bits per heavy atom. The Kier molecular flexibility index (Phi) is 4.06. The van der Waals surface area contributed by atoms with Gasteiger partial charge >= 0.3 is 6.18 Å². The summed E-state index contributed by atoms with van der Waals surface area (Å²) < 4.78 is 38.8. The van der Waals surface area contributed by atoms with Gasteiger partial charge in [0.25, 0.3) is 0 Å². The number of hydrogen-bond donors (Lipinski definition) is 1. The monoisotopic (exact) mass is 324 g/mol. The van der Waals surface area contributed by atoms with E-state index in [1.54, 1.807) is 19.2 Å². The minimum Gasteiger partial charge on any atom is -0.313 e. The molecule has 3 rings (SSSR count). The standard InChI is InChI=1S/C16H15F3N2S/c1-10-6-12(8-13(7-10)16(17,18)19)15-21-9-14(22-15)11-2-4-20-5-3-11/h2,6-9,20H,3-5H2,1H3. The summed E-state index contributed by atoms with van der Waals surface area (Å²) in [7, 11) is 0. The fourth-order valence-electron chi connectivity index (χ4n) is 2.47. The van der Waals surface area contributed by atoms with Crippen LogP contribution in [0.4, 0.5) is 13.2 Å². The summed E-state index contributed by atoms with van der Waals surface area (Å²) >= 11 is 1.45. The first-order valence-corrected chi connectivity index (χ1v) is 7.80. The van der Waals surface area contributed by atoms with E-state index in [4.69, 9.17) is 0 Å². The van der Waals surface area contributed by atoms with Crippen LogP contribution in [-0.4, -0.2) is 18.1 Å². The molecular formula is C16H15F3N2S. The first kappa shape index (κ1) is 15.2. The molecule has 1 N–H and O–H groups in total. The van der Waals surface area contributed by atoms with E-state index in [0.29, 0.717) is 16.1 Å². The zero-order valence-electron chi connectivity index (χ0n) is 12.0. The summed E-state index contributed by atoms with van der Waals surface area (Å²) in [6.45, 7) is 3.41.